The highest BCUT2D eigenvalue weighted by Gasteiger charge is 2.31. The summed E-state index contributed by atoms with van der Waals surface area (Å²) in [6.45, 7) is 5.85. The summed E-state index contributed by atoms with van der Waals surface area (Å²) in [6.07, 6.45) is 5.52. The first-order valence-corrected chi connectivity index (χ1v) is 6.82. The fourth-order valence-electron chi connectivity index (χ4n) is 2.51. The van der Waals surface area contributed by atoms with Crippen molar-refractivity contribution >= 4 is 11.3 Å². The molecule has 2 rings (SSSR count). The van der Waals surface area contributed by atoms with Crippen LogP contribution in [0, 0.1) is 5.41 Å². The zero-order valence-corrected chi connectivity index (χ0v) is 10.6. The third kappa shape index (κ3) is 2.82. The smallest absolute Gasteiger partial charge is 0.0302 e. The van der Waals surface area contributed by atoms with Gasteiger partial charge in [-0.3, -0.25) is 0 Å². The highest BCUT2D eigenvalue weighted by Crippen LogP contribution is 2.35. The molecule has 0 bridgehead atoms. The summed E-state index contributed by atoms with van der Waals surface area (Å²) in [4.78, 5) is 1.45. The Morgan fingerprint density at radius 2 is 2.33 bits per heavy atom. The molecule has 0 amide bonds. The Kier molecular flexibility index (Phi) is 3.47. The maximum Gasteiger partial charge on any atom is 0.0302 e. The van der Waals surface area contributed by atoms with Crippen molar-refractivity contribution < 1.29 is 0 Å². The largest absolute Gasteiger partial charge is 0.309 e. The van der Waals surface area contributed by atoms with Crippen LogP contribution in [-0.2, 0) is 6.54 Å². The maximum absolute atomic E-state index is 3.72. The summed E-state index contributed by atoms with van der Waals surface area (Å²) in [5.41, 5.74) is 0.482. The van der Waals surface area contributed by atoms with E-state index in [1.807, 2.05) is 11.3 Å². The molecule has 1 unspecified atom stereocenters. The van der Waals surface area contributed by atoms with E-state index in [9.17, 15) is 0 Å². The van der Waals surface area contributed by atoms with Gasteiger partial charge in [0.2, 0.25) is 0 Å². The third-order valence-corrected chi connectivity index (χ3v) is 4.49. The molecule has 1 nitrogen and oxygen atoms in total. The molecule has 0 saturated heterocycles. The van der Waals surface area contributed by atoms with Crippen LogP contribution in [0.5, 0.6) is 0 Å². The van der Waals surface area contributed by atoms with Crippen molar-refractivity contribution in [2.45, 2.75) is 52.1 Å². The standard InChI is InChI=1S/C13H21NS/c1-13(2)8-4-3-7-12(13)14-10-11-6-5-9-15-11/h5-6,9,12,14H,3-4,7-8,10H2,1-2H3. The molecule has 1 saturated carbocycles. The number of nitrogens with one attached hydrogen (secondary N) is 1. The summed E-state index contributed by atoms with van der Waals surface area (Å²) in [5, 5.41) is 5.88. The van der Waals surface area contributed by atoms with Gasteiger partial charge in [0.05, 0.1) is 0 Å². The van der Waals surface area contributed by atoms with E-state index in [1.165, 1.54) is 30.6 Å². The summed E-state index contributed by atoms with van der Waals surface area (Å²) in [6, 6.07) is 5.05. The van der Waals surface area contributed by atoms with Gasteiger partial charge in [-0.25, -0.2) is 0 Å². The molecule has 1 aliphatic carbocycles. The first kappa shape index (κ1) is 11.2. The normalized spacial score (nSPS) is 25.3. The van der Waals surface area contributed by atoms with Crippen molar-refractivity contribution in [1.82, 2.24) is 5.32 Å². The Labute approximate surface area is 96.9 Å². The minimum absolute atomic E-state index is 0.482. The van der Waals surface area contributed by atoms with Gasteiger partial charge >= 0.3 is 0 Å². The minimum Gasteiger partial charge on any atom is -0.309 e. The second kappa shape index (κ2) is 4.67. The minimum atomic E-state index is 0.482. The number of hydrogen-bond acceptors (Lipinski definition) is 2. The van der Waals surface area contributed by atoms with E-state index >= 15 is 0 Å². The summed E-state index contributed by atoms with van der Waals surface area (Å²) in [7, 11) is 0. The van der Waals surface area contributed by atoms with Gasteiger partial charge in [-0.05, 0) is 29.7 Å². The molecule has 84 valence electrons. The molecule has 1 N–H and O–H groups in total. The summed E-state index contributed by atoms with van der Waals surface area (Å²) >= 11 is 1.85. The zero-order chi connectivity index (χ0) is 10.7. The van der Waals surface area contributed by atoms with E-state index < -0.39 is 0 Å². The molecule has 1 aromatic rings. The van der Waals surface area contributed by atoms with Gasteiger partial charge in [-0.15, -0.1) is 11.3 Å². The lowest BCUT2D eigenvalue weighted by atomic mass is 9.73. The molecule has 1 atom stereocenters. The summed E-state index contributed by atoms with van der Waals surface area (Å²) < 4.78 is 0. The van der Waals surface area contributed by atoms with Crippen molar-refractivity contribution in [2.24, 2.45) is 5.41 Å². The number of thiophene rings is 1. The Hall–Kier alpha value is -0.340. The van der Waals surface area contributed by atoms with Gasteiger partial charge in [0.15, 0.2) is 0 Å². The highest BCUT2D eigenvalue weighted by atomic mass is 32.1. The Morgan fingerprint density at radius 3 is 3.00 bits per heavy atom. The lowest BCUT2D eigenvalue weighted by Gasteiger charge is -2.39. The Balaban J connectivity index is 1.88. The lowest BCUT2D eigenvalue weighted by molar-refractivity contribution is 0.167. The molecule has 1 aliphatic rings. The van der Waals surface area contributed by atoms with Crippen LogP contribution in [0.1, 0.15) is 44.4 Å². The van der Waals surface area contributed by atoms with Crippen LogP contribution in [0.3, 0.4) is 0 Å². The highest BCUT2D eigenvalue weighted by molar-refractivity contribution is 7.09. The van der Waals surface area contributed by atoms with Gasteiger partial charge < -0.3 is 5.32 Å². The van der Waals surface area contributed by atoms with E-state index in [2.05, 4.69) is 36.7 Å². The fourth-order valence-corrected chi connectivity index (χ4v) is 3.17. The van der Waals surface area contributed by atoms with Crippen LogP contribution in [0.2, 0.25) is 0 Å². The second-order valence-electron chi connectivity index (χ2n) is 5.25. The van der Waals surface area contributed by atoms with Gasteiger partial charge in [-0.2, -0.15) is 0 Å². The molecule has 0 spiro atoms. The molecule has 15 heavy (non-hydrogen) atoms. The van der Waals surface area contributed by atoms with Crippen molar-refractivity contribution in [1.29, 1.82) is 0 Å². The molecule has 1 heterocycles. The Morgan fingerprint density at radius 1 is 1.47 bits per heavy atom. The van der Waals surface area contributed by atoms with E-state index in [0.717, 1.165) is 6.54 Å². The molecule has 0 aliphatic heterocycles. The van der Waals surface area contributed by atoms with Crippen LogP contribution in [-0.4, -0.2) is 6.04 Å². The van der Waals surface area contributed by atoms with Crippen molar-refractivity contribution in [3.63, 3.8) is 0 Å². The molecule has 1 aromatic heterocycles. The lowest BCUT2D eigenvalue weighted by Crippen LogP contribution is -2.43. The quantitative estimate of drug-likeness (QED) is 0.821. The molecule has 1 fully saturated rings. The van der Waals surface area contributed by atoms with Crippen LogP contribution in [0.15, 0.2) is 17.5 Å². The number of hydrogen-bond donors (Lipinski definition) is 1. The van der Waals surface area contributed by atoms with Gasteiger partial charge in [-0.1, -0.05) is 32.8 Å². The average Bonchev–Trinajstić information content (AvgIpc) is 2.68. The predicted molar refractivity (Wildman–Crippen MR) is 67.2 cm³/mol. The van der Waals surface area contributed by atoms with Crippen molar-refractivity contribution in [3.05, 3.63) is 22.4 Å². The SMILES string of the molecule is CC1(C)CCCCC1NCc1cccs1. The van der Waals surface area contributed by atoms with Crippen LogP contribution < -0.4 is 5.32 Å². The van der Waals surface area contributed by atoms with Gasteiger partial charge in [0, 0.05) is 17.5 Å². The number of rotatable bonds is 3. The van der Waals surface area contributed by atoms with Gasteiger partial charge in [0.1, 0.15) is 0 Å². The van der Waals surface area contributed by atoms with E-state index in [1.54, 1.807) is 0 Å². The molecule has 2 heteroatoms. The average molecular weight is 223 g/mol. The van der Waals surface area contributed by atoms with Crippen LogP contribution >= 0.6 is 11.3 Å². The van der Waals surface area contributed by atoms with E-state index in [4.69, 9.17) is 0 Å². The monoisotopic (exact) mass is 223 g/mol. The van der Waals surface area contributed by atoms with E-state index in [-0.39, 0.29) is 0 Å². The van der Waals surface area contributed by atoms with Crippen LogP contribution in [0.25, 0.3) is 0 Å². The van der Waals surface area contributed by atoms with Gasteiger partial charge in [0.25, 0.3) is 0 Å². The Bertz CT molecular complexity index is 289. The van der Waals surface area contributed by atoms with Crippen molar-refractivity contribution in [2.75, 3.05) is 0 Å². The first-order chi connectivity index (χ1) is 7.18. The van der Waals surface area contributed by atoms with Crippen molar-refractivity contribution in [3.8, 4) is 0 Å². The molecular weight excluding hydrogens is 202 g/mol. The topological polar surface area (TPSA) is 12.0 Å². The maximum atomic E-state index is 3.72. The molecule has 0 aromatic carbocycles. The molecule has 0 radical (unpaired) electrons. The fraction of sp³-hybridized carbons (Fsp3) is 0.692. The summed E-state index contributed by atoms with van der Waals surface area (Å²) in [5.74, 6) is 0. The molecular formula is C13H21NS. The van der Waals surface area contributed by atoms with Crippen LogP contribution in [0.4, 0.5) is 0 Å². The first-order valence-electron chi connectivity index (χ1n) is 5.94. The second-order valence-corrected chi connectivity index (χ2v) is 6.28. The third-order valence-electron chi connectivity index (χ3n) is 3.61. The predicted octanol–water partition coefficient (Wildman–Crippen LogP) is 3.81. The zero-order valence-electron chi connectivity index (χ0n) is 9.75. The van der Waals surface area contributed by atoms with E-state index in [0.29, 0.717) is 11.5 Å².